The molecule has 0 saturated carbocycles. The first kappa shape index (κ1) is 16.6. The van der Waals surface area contributed by atoms with Crippen molar-refractivity contribution in [1.82, 2.24) is 5.32 Å². The molecule has 3 N–H and O–H groups in total. The van der Waals surface area contributed by atoms with Gasteiger partial charge in [0.05, 0.1) is 16.9 Å². The molecule has 6 nitrogen and oxygen atoms in total. The molecule has 2 aromatic rings. The van der Waals surface area contributed by atoms with E-state index in [1.54, 1.807) is 30.3 Å². The van der Waals surface area contributed by atoms with Gasteiger partial charge in [0.2, 0.25) is 11.8 Å². The van der Waals surface area contributed by atoms with E-state index in [-0.39, 0.29) is 24.4 Å². The molecule has 1 aliphatic rings. The monoisotopic (exact) mass is 341 g/mol. The van der Waals surface area contributed by atoms with Crippen LogP contribution in [0.2, 0.25) is 0 Å². The molecule has 128 valence electrons. The van der Waals surface area contributed by atoms with E-state index in [4.69, 9.17) is 0 Å². The second-order valence-corrected chi connectivity index (χ2v) is 5.63. The highest BCUT2D eigenvalue weighted by atomic mass is 19.1. The Hall–Kier alpha value is -3.22. The van der Waals surface area contributed by atoms with Crippen molar-refractivity contribution in [3.8, 4) is 0 Å². The predicted octanol–water partition coefficient (Wildman–Crippen LogP) is 2.30. The van der Waals surface area contributed by atoms with E-state index in [0.717, 1.165) is 0 Å². The summed E-state index contributed by atoms with van der Waals surface area (Å²) in [4.78, 5) is 36.4. The fourth-order valence-corrected chi connectivity index (χ4v) is 2.57. The van der Waals surface area contributed by atoms with Gasteiger partial charge in [-0.1, -0.05) is 24.3 Å². The van der Waals surface area contributed by atoms with Gasteiger partial charge in [0.1, 0.15) is 11.9 Å². The van der Waals surface area contributed by atoms with E-state index in [0.29, 0.717) is 11.3 Å². The Labute approximate surface area is 143 Å². The Kier molecular flexibility index (Phi) is 4.74. The van der Waals surface area contributed by atoms with E-state index in [2.05, 4.69) is 16.0 Å². The highest BCUT2D eigenvalue weighted by Crippen LogP contribution is 2.19. The minimum Gasteiger partial charge on any atom is -0.340 e. The van der Waals surface area contributed by atoms with E-state index in [1.807, 2.05) is 0 Å². The van der Waals surface area contributed by atoms with Gasteiger partial charge in [-0.2, -0.15) is 0 Å². The van der Waals surface area contributed by atoms with Gasteiger partial charge in [0, 0.05) is 6.42 Å². The van der Waals surface area contributed by atoms with Crippen molar-refractivity contribution >= 4 is 29.1 Å². The second kappa shape index (κ2) is 7.12. The van der Waals surface area contributed by atoms with Crippen molar-refractivity contribution < 1.29 is 18.8 Å². The maximum atomic E-state index is 13.5. The summed E-state index contributed by atoms with van der Waals surface area (Å²) in [5.74, 6) is -1.74. The number of anilines is 2. The van der Waals surface area contributed by atoms with Gasteiger partial charge in [-0.05, 0) is 30.7 Å². The number of benzene rings is 2. The van der Waals surface area contributed by atoms with E-state index >= 15 is 0 Å². The molecule has 25 heavy (non-hydrogen) atoms. The molecule has 0 saturated heterocycles. The van der Waals surface area contributed by atoms with Crippen molar-refractivity contribution in [2.24, 2.45) is 0 Å². The Morgan fingerprint density at radius 3 is 2.60 bits per heavy atom. The van der Waals surface area contributed by atoms with Gasteiger partial charge >= 0.3 is 0 Å². The molecular weight excluding hydrogens is 325 g/mol. The smallest absolute Gasteiger partial charge is 0.254 e. The molecule has 0 aromatic heterocycles. The van der Waals surface area contributed by atoms with Gasteiger partial charge in [0.15, 0.2) is 0 Å². The first-order valence-corrected chi connectivity index (χ1v) is 7.80. The molecule has 0 aliphatic carbocycles. The number of carbonyl (C=O) groups excluding carboxylic acids is 3. The van der Waals surface area contributed by atoms with Gasteiger partial charge in [-0.15, -0.1) is 0 Å². The minimum atomic E-state index is -0.841. The molecule has 7 heteroatoms. The summed E-state index contributed by atoms with van der Waals surface area (Å²) < 4.78 is 13.5. The maximum Gasteiger partial charge on any atom is 0.254 e. The fourth-order valence-electron chi connectivity index (χ4n) is 2.57. The molecule has 0 radical (unpaired) electrons. The average molecular weight is 341 g/mol. The number of carbonyl (C=O) groups is 3. The summed E-state index contributed by atoms with van der Waals surface area (Å²) in [5.41, 5.74) is 0.881. The van der Waals surface area contributed by atoms with E-state index in [1.165, 1.54) is 18.2 Å². The lowest BCUT2D eigenvalue weighted by molar-refractivity contribution is -0.118. The Bertz CT molecular complexity index is 838. The normalized spacial score (nSPS) is 16.3. The van der Waals surface area contributed by atoms with Crippen LogP contribution >= 0.6 is 0 Å². The maximum absolute atomic E-state index is 13.5. The van der Waals surface area contributed by atoms with Crippen LogP contribution in [0.15, 0.2) is 48.5 Å². The third-order valence-corrected chi connectivity index (χ3v) is 3.86. The van der Waals surface area contributed by atoms with Crippen LogP contribution in [0, 0.1) is 5.82 Å². The molecule has 3 amide bonds. The number of halogens is 1. The molecule has 0 fully saturated rings. The molecule has 1 atom stereocenters. The average Bonchev–Trinajstić information content (AvgIpc) is 2.72. The summed E-state index contributed by atoms with van der Waals surface area (Å²) in [7, 11) is 0. The predicted molar refractivity (Wildman–Crippen MR) is 90.6 cm³/mol. The number of hydrogen-bond acceptors (Lipinski definition) is 3. The number of rotatable bonds is 4. The van der Waals surface area contributed by atoms with Crippen molar-refractivity contribution in [2.45, 2.75) is 18.9 Å². The molecule has 0 spiro atoms. The van der Waals surface area contributed by atoms with Gasteiger partial charge in [-0.3, -0.25) is 14.4 Å². The Morgan fingerprint density at radius 1 is 1.08 bits per heavy atom. The fraction of sp³-hybridized carbons (Fsp3) is 0.167. The van der Waals surface area contributed by atoms with Crippen LogP contribution < -0.4 is 16.0 Å². The summed E-state index contributed by atoms with van der Waals surface area (Å²) in [5, 5.41) is 7.73. The molecule has 2 aromatic carbocycles. The number of para-hydroxylation sites is 2. The van der Waals surface area contributed by atoms with Crippen LogP contribution in [0.1, 0.15) is 23.2 Å². The van der Waals surface area contributed by atoms with Crippen LogP contribution in [-0.4, -0.2) is 23.8 Å². The summed E-state index contributed by atoms with van der Waals surface area (Å²) >= 11 is 0. The van der Waals surface area contributed by atoms with Crippen molar-refractivity contribution in [3.63, 3.8) is 0 Å². The third-order valence-electron chi connectivity index (χ3n) is 3.86. The zero-order valence-corrected chi connectivity index (χ0v) is 13.2. The second-order valence-electron chi connectivity index (χ2n) is 5.63. The molecule has 1 aliphatic heterocycles. The van der Waals surface area contributed by atoms with Crippen LogP contribution in [0.25, 0.3) is 0 Å². The standard InChI is InChI=1S/C18H16FN3O3/c19-12-6-2-4-8-14(12)20-16(23)10-9-15-18(25)21-13-7-3-1-5-11(13)17(24)22-15/h1-8,15H,9-10H2,(H,20,23)(H,21,25)(H,22,24). The number of nitrogens with one attached hydrogen (secondary N) is 3. The van der Waals surface area contributed by atoms with Crippen LogP contribution in [0.3, 0.4) is 0 Å². The number of hydrogen-bond donors (Lipinski definition) is 3. The lowest BCUT2D eigenvalue weighted by Gasteiger charge is -2.14. The molecule has 0 bridgehead atoms. The zero-order valence-electron chi connectivity index (χ0n) is 13.2. The molecular formula is C18H16FN3O3. The Morgan fingerprint density at radius 2 is 1.80 bits per heavy atom. The summed E-state index contributed by atoms with van der Waals surface area (Å²) in [6.07, 6.45) is 0.0644. The van der Waals surface area contributed by atoms with Crippen molar-refractivity contribution in [1.29, 1.82) is 0 Å². The third kappa shape index (κ3) is 3.82. The van der Waals surface area contributed by atoms with Gasteiger partial charge in [0.25, 0.3) is 5.91 Å². The molecule has 3 rings (SSSR count). The van der Waals surface area contributed by atoms with E-state index < -0.39 is 23.7 Å². The lowest BCUT2D eigenvalue weighted by Crippen LogP contribution is -2.41. The van der Waals surface area contributed by atoms with E-state index in [9.17, 15) is 18.8 Å². The van der Waals surface area contributed by atoms with Crippen LogP contribution in [0.5, 0.6) is 0 Å². The zero-order chi connectivity index (χ0) is 17.8. The topological polar surface area (TPSA) is 87.3 Å². The van der Waals surface area contributed by atoms with Crippen molar-refractivity contribution in [2.75, 3.05) is 10.6 Å². The molecule has 1 unspecified atom stereocenters. The largest absolute Gasteiger partial charge is 0.340 e. The SMILES string of the molecule is O=C(CCC1NC(=O)c2ccccc2NC1=O)Nc1ccccc1F. The first-order valence-electron chi connectivity index (χ1n) is 7.80. The Balaban J connectivity index is 1.62. The van der Waals surface area contributed by atoms with Crippen molar-refractivity contribution in [3.05, 3.63) is 59.9 Å². The summed E-state index contributed by atoms with van der Waals surface area (Å²) in [6, 6.07) is 11.6. The van der Waals surface area contributed by atoms with Gasteiger partial charge < -0.3 is 16.0 Å². The molecule has 1 heterocycles. The van der Waals surface area contributed by atoms with Crippen LogP contribution in [0.4, 0.5) is 15.8 Å². The first-order chi connectivity index (χ1) is 12.0. The highest BCUT2D eigenvalue weighted by Gasteiger charge is 2.27. The summed E-state index contributed by atoms with van der Waals surface area (Å²) in [6.45, 7) is 0. The van der Waals surface area contributed by atoms with Gasteiger partial charge in [-0.25, -0.2) is 4.39 Å². The lowest BCUT2D eigenvalue weighted by atomic mass is 10.1. The highest BCUT2D eigenvalue weighted by molar-refractivity contribution is 6.09. The number of amides is 3. The number of fused-ring (bicyclic) bond motifs is 1. The van der Waals surface area contributed by atoms with Crippen LogP contribution in [-0.2, 0) is 9.59 Å². The minimum absolute atomic E-state index is 0.0386. The quantitative estimate of drug-likeness (QED) is 0.797.